The second-order valence-electron chi connectivity index (χ2n) is 3.89. The molecule has 1 nitrogen and oxygen atoms in total. The van der Waals surface area contributed by atoms with Crippen molar-refractivity contribution < 1.29 is 0 Å². The van der Waals surface area contributed by atoms with E-state index in [1.54, 1.807) is 6.08 Å². The first-order chi connectivity index (χ1) is 6.85. The zero-order chi connectivity index (χ0) is 10.6. The van der Waals surface area contributed by atoms with Gasteiger partial charge in [-0.1, -0.05) is 52.0 Å². The molecule has 0 saturated carbocycles. The van der Waals surface area contributed by atoms with E-state index in [1.807, 2.05) is 0 Å². The molecular formula is C13H23N. The van der Waals surface area contributed by atoms with Crippen molar-refractivity contribution in [1.29, 1.82) is 5.26 Å². The maximum Gasteiger partial charge on any atom is 0.0908 e. The summed E-state index contributed by atoms with van der Waals surface area (Å²) in [4.78, 5) is 0. The summed E-state index contributed by atoms with van der Waals surface area (Å²) in [6.07, 6.45) is 12.7. The van der Waals surface area contributed by atoms with Crippen LogP contribution in [0.3, 0.4) is 0 Å². The summed E-state index contributed by atoms with van der Waals surface area (Å²) in [5.41, 5.74) is 0. The molecule has 0 aromatic heterocycles. The monoisotopic (exact) mass is 193 g/mol. The molecule has 0 aromatic carbocycles. The van der Waals surface area contributed by atoms with Crippen LogP contribution in [0.25, 0.3) is 0 Å². The van der Waals surface area contributed by atoms with Gasteiger partial charge in [-0.05, 0) is 18.8 Å². The Hall–Kier alpha value is -0.770. The van der Waals surface area contributed by atoms with E-state index < -0.39 is 0 Å². The fraction of sp³-hybridized carbons (Fsp3) is 0.769. The molecule has 0 aliphatic heterocycles. The first kappa shape index (κ1) is 13.2. The van der Waals surface area contributed by atoms with Crippen LogP contribution in [-0.2, 0) is 0 Å². The van der Waals surface area contributed by atoms with E-state index in [4.69, 9.17) is 5.26 Å². The number of allylic oxidation sites excluding steroid dienone is 2. The van der Waals surface area contributed by atoms with Crippen LogP contribution in [0.15, 0.2) is 12.2 Å². The molecule has 0 unspecified atom stereocenters. The lowest BCUT2D eigenvalue weighted by atomic mass is 9.95. The Morgan fingerprint density at radius 3 is 2.29 bits per heavy atom. The van der Waals surface area contributed by atoms with Crippen molar-refractivity contribution in [3.8, 4) is 6.07 Å². The van der Waals surface area contributed by atoms with Crippen LogP contribution in [-0.4, -0.2) is 0 Å². The van der Waals surface area contributed by atoms with Crippen molar-refractivity contribution in [2.24, 2.45) is 5.92 Å². The molecule has 0 heterocycles. The number of nitriles is 1. The van der Waals surface area contributed by atoms with Gasteiger partial charge in [-0.25, -0.2) is 0 Å². The topological polar surface area (TPSA) is 23.8 Å². The Labute approximate surface area is 88.8 Å². The Balaban J connectivity index is 3.73. The molecule has 0 rings (SSSR count). The van der Waals surface area contributed by atoms with Gasteiger partial charge in [-0.3, -0.25) is 0 Å². The van der Waals surface area contributed by atoms with Crippen LogP contribution in [0.4, 0.5) is 0 Å². The number of nitrogens with zero attached hydrogens (tertiary/aromatic N) is 1. The smallest absolute Gasteiger partial charge is 0.0908 e. The first-order valence-electron chi connectivity index (χ1n) is 5.91. The van der Waals surface area contributed by atoms with Gasteiger partial charge in [0, 0.05) is 6.08 Å². The van der Waals surface area contributed by atoms with Crippen molar-refractivity contribution in [1.82, 2.24) is 0 Å². The molecule has 1 heteroatoms. The maximum absolute atomic E-state index is 8.48. The molecule has 80 valence electrons. The van der Waals surface area contributed by atoms with Crippen molar-refractivity contribution in [2.75, 3.05) is 0 Å². The SMILES string of the molecule is CCCCC[C@@H](/C=C/C#N)CCCC. The molecular weight excluding hydrogens is 170 g/mol. The highest BCUT2D eigenvalue weighted by Crippen LogP contribution is 2.17. The lowest BCUT2D eigenvalue weighted by Gasteiger charge is -2.10. The van der Waals surface area contributed by atoms with E-state index in [9.17, 15) is 0 Å². The van der Waals surface area contributed by atoms with Crippen molar-refractivity contribution in [3.05, 3.63) is 12.2 Å². The highest BCUT2D eigenvalue weighted by molar-refractivity contribution is 5.03. The zero-order valence-electron chi connectivity index (χ0n) is 9.63. The third kappa shape index (κ3) is 7.86. The van der Waals surface area contributed by atoms with Crippen LogP contribution >= 0.6 is 0 Å². The van der Waals surface area contributed by atoms with Crippen molar-refractivity contribution in [3.63, 3.8) is 0 Å². The third-order valence-electron chi connectivity index (χ3n) is 2.55. The van der Waals surface area contributed by atoms with Gasteiger partial charge < -0.3 is 0 Å². The summed E-state index contributed by atoms with van der Waals surface area (Å²) >= 11 is 0. The normalized spacial score (nSPS) is 12.9. The quantitative estimate of drug-likeness (QED) is 0.412. The molecule has 0 fully saturated rings. The minimum Gasteiger partial charge on any atom is -0.193 e. The summed E-state index contributed by atoms with van der Waals surface area (Å²) < 4.78 is 0. The molecule has 0 aliphatic rings. The number of hydrogen-bond donors (Lipinski definition) is 0. The van der Waals surface area contributed by atoms with Crippen LogP contribution in [0.5, 0.6) is 0 Å². The van der Waals surface area contributed by atoms with Gasteiger partial charge in [0.05, 0.1) is 6.07 Å². The predicted molar refractivity (Wildman–Crippen MR) is 61.9 cm³/mol. The molecule has 0 aliphatic carbocycles. The summed E-state index contributed by atoms with van der Waals surface area (Å²) in [6, 6.07) is 2.08. The van der Waals surface area contributed by atoms with E-state index in [1.165, 1.54) is 44.9 Å². The van der Waals surface area contributed by atoms with Gasteiger partial charge in [-0.15, -0.1) is 0 Å². The van der Waals surface area contributed by atoms with E-state index in [0.717, 1.165) is 0 Å². The Bertz CT molecular complexity index is 176. The largest absolute Gasteiger partial charge is 0.193 e. The zero-order valence-corrected chi connectivity index (χ0v) is 9.63. The summed E-state index contributed by atoms with van der Waals surface area (Å²) in [6.45, 7) is 4.45. The van der Waals surface area contributed by atoms with Gasteiger partial charge in [0.25, 0.3) is 0 Å². The van der Waals surface area contributed by atoms with Gasteiger partial charge in [0.2, 0.25) is 0 Å². The molecule has 0 aromatic rings. The lowest BCUT2D eigenvalue weighted by Crippen LogP contribution is -1.96. The minimum absolute atomic E-state index is 0.640. The van der Waals surface area contributed by atoms with Crippen LogP contribution in [0, 0.1) is 17.2 Å². The fourth-order valence-corrected chi connectivity index (χ4v) is 1.64. The van der Waals surface area contributed by atoms with E-state index in [-0.39, 0.29) is 0 Å². The average Bonchev–Trinajstić information content (AvgIpc) is 2.21. The number of unbranched alkanes of at least 4 members (excludes halogenated alkanes) is 3. The molecule has 1 atom stereocenters. The summed E-state index contributed by atoms with van der Waals surface area (Å²) in [5, 5.41) is 8.48. The summed E-state index contributed by atoms with van der Waals surface area (Å²) in [7, 11) is 0. The third-order valence-corrected chi connectivity index (χ3v) is 2.55. The van der Waals surface area contributed by atoms with Crippen molar-refractivity contribution in [2.45, 2.75) is 58.8 Å². The lowest BCUT2D eigenvalue weighted by molar-refractivity contribution is 0.489. The second kappa shape index (κ2) is 10.3. The predicted octanol–water partition coefficient (Wildman–Crippen LogP) is 4.45. The number of hydrogen-bond acceptors (Lipinski definition) is 1. The highest BCUT2D eigenvalue weighted by atomic mass is 14.2. The van der Waals surface area contributed by atoms with Crippen molar-refractivity contribution >= 4 is 0 Å². The molecule has 0 radical (unpaired) electrons. The molecule has 0 saturated heterocycles. The van der Waals surface area contributed by atoms with Gasteiger partial charge in [-0.2, -0.15) is 5.26 Å². The first-order valence-corrected chi connectivity index (χ1v) is 5.91. The Kier molecular flexibility index (Phi) is 9.74. The number of rotatable bonds is 8. The van der Waals surface area contributed by atoms with Crippen LogP contribution in [0.2, 0.25) is 0 Å². The maximum atomic E-state index is 8.48. The van der Waals surface area contributed by atoms with Gasteiger partial charge >= 0.3 is 0 Å². The van der Waals surface area contributed by atoms with E-state index in [2.05, 4.69) is 26.0 Å². The molecule has 0 spiro atoms. The van der Waals surface area contributed by atoms with Gasteiger partial charge in [0.15, 0.2) is 0 Å². The standard InChI is InChI=1S/C13H23N/c1-3-5-7-10-13(9-6-4-2)11-8-12-14/h8,11,13H,3-7,9-10H2,1-2H3/b11-8+/t13-/m0/s1. The Morgan fingerprint density at radius 2 is 1.71 bits per heavy atom. The summed E-state index contributed by atoms with van der Waals surface area (Å²) in [5.74, 6) is 0.640. The minimum atomic E-state index is 0.640. The highest BCUT2D eigenvalue weighted by Gasteiger charge is 2.03. The van der Waals surface area contributed by atoms with Crippen LogP contribution < -0.4 is 0 Å². The average molecular weight is 193 g/mol. The fourth-order valence-electron chi connectivity index (χ4n) is 1.64. The second-order valence-corrected chi connectivity index (χ2v) is 3.89. The van der Waals surface area contributed by atoms with E-state index in [0.29, 0.717) is 5.92 Å². The molecule has 14 heavy (non-hydrogen) atoms. The molecule has 0 amide bonds. The molecule has 0 bridgehead atoms. The van der Waals surface area contributed by atoms with Gasteiger partial charge in [0.1, 0.15) is 0 Å². The van der Waals surface area contributed by atoms with Crippen LogP contribution in [0.1, 0.15) is 58.8 Å². The Morgan fingerprint density at radius 1 is 1.07 bits per heavy atom. The molecule has 0 N–H and O–H groups in total. The van der Waals surface area contributed by atoms with E-state index >= 15 is 0 Å².